The van der Waals surface area contributed by atoms with Gasteiger partial charge in [-0.15, -0.1) is 0 Å². The number of hydrogen-bond acceptors (Lipinski definition) is 3. The quantitative estimate of drug-likeness (QED) is 0.892. The van der Waals surface area contributed by atoms with Crippen LogP contribution >= 0.6 is 11.5 Å². The molecule has 1 heterocycles. The second-order valence-electron chi connectivity index (χ2n) is 3.33. The van der Waals surface area contributed by atoms with E-state index < -0.39 is 11.8 Å². The van der Waals surface area contributed by atoms with E-state index in [4.69, 9.17) is 5.11 Å². The van der Waals surface area contributed by atoms with Gasteiger partial charge in [0.25, 0.3) is 0 Å². The van der Waals surface area contributed by atoms with Crippen LogP contribution in [0.5, 0.6) is 0 Å². The summed E-state index contributed by atoms with van der Waals surface area (Å²) in [4.78, 5) is 10.5. The second kappa shape index (κ2) is 4.40. The third kappa shape index (κ3) is 2.43. The van der Waals surface area contributed by atoms with Crippen molar-refractivity contribution < 1.29 is 14.3 Å². The molecule has 0 saturated carbocycles. The van der Waals surface area contributed by atoms with E-state index >= 15 is 0 Å². The highest BCUT2D eigenvalue weighted by atomic mass is 32.1. The van der Waals surface area contributed by atoms with E-state index in [1.54, 1.807) is 17.6 Å². The van der Waals surface area contributed by atoms with Crippen molar-refractivity contribution in [2.24, 2.45) is 0 Å². The van der Waals surface area contributed by atoms with Crippen molar-refractivity contribution in [1.29, 1.82) is 0 Å². The molecule has 0 aliphatic carbocycles. The Morgan fingerprint density at radius 3 is 2.81 bits per heavy atom. The van der Waals surface area contributed by atoms with Crippen molar-refractivity contribution in [3.63, 3.8) is 0 Å². The summed E-state index contributed by atoms with van der Waals surface area (Å²) in [5, 5.41) is 10.4. The summed E-state index contributed by atoms with van der Waals surface area (Å²) in [6.45, 7) is 0. The Labute approximate surface area is 95.3 Å². The number of hydrogen-bond donors (Lipinski definition) is 1. The zero-order valence-corrected chi connectivity index (χ0v) is 9.00. The number of aliphatic carboxylic acids is 1. The van der Waals surface area contributed by atoms with Gasteiger partial charge in [-0.1, -0.05) is 6.07 Å². The van der Waals surface area contributed by atoms with Crippen LogP contribution in [-0.2, 0) is 11.2 Å². The Bertz CT molecular complexity index is 511. The molecule has 1 aromatic carbocycles. The van der Waals surface area contributed by atoms with Gasteiger partial charge < -0.3 is 5.11 Å². The molecule has 1 aromatic heterocycles. The molecule has 2 aromatic rings. The number of nitrogens with zero attached hydrogens (tertiary/aromatic N) is 1. The van der Waals surface area contributed by atoms with Crippen LogP contribution in [0.3, 0.4) is 0 Å². The minimum Gasteiger partial charge on any atom is -0.481 e. The van der Waals surface area contributed by atoms with Gasteiger partial charge in [-0.05, 0) is 34.8 Å². The number of halogens is 1. The smallest absolute Gasteiger partial charge is 0.307 e. The lowest BCUT2D eigenvalue weighted by Gasteiger charge is -2.02. The Kier molecular flexibility index (Phi) is 2.96. The van der Waals surface area contributed by atoms with Gasteiger partial charge in [0, 0.05) is 17.1 Å². The van der Waals surface area contributed by atoms with Crippen molar-refractivity contribution in [2.75, 3.05) is 0 Å². The van der Waals surface area contributed by atoms with Crippen LogP contribution < -0.4 is 0 Å². The van der Waals surface area contributed by atoms with Crippen LogP contribution in [-0.4, -0.2) is 15.4 Å². The first-order valence-electron chi connectivity index (χ1n) is 4.56. The third-order valence-corrected chi connectivity index (χ3v) is 2.67. The zero-order valence-electron chi connectivity index (χ0n) is 8.18. The van der Waals surface area contributed by atoms with Gasteiger partial charge in [-0.25, -0.2) is 8.76 Å². The van der Waals surface area contributed by atoms with Gasteiger partial charge in [-0.3, -0.25) is 4.79 Å². The van der Waals surface area contributed by atoms with Crippen molar-refractivity contribution >= 4 is 17.5 Å². The van der Waals surface area contributed by atoms with Crippen LogP contribution in [0.2, 0.25) is 0 Å². The summed E-state index contributed by atoms with van der Waals surface area (Å²) >= 11 is 1.27. The molecule has 2 rings (SSSR count). The van der Waals surface area contributed by atoms with E-state index in [0.29, 0.717) is 11.1 Å². The van der Waals surface area contributed by atoms with Crippen LogP contribution in [0.25, 0.3) is 11.1 Å². The number of aromatic nitrogens is 1. The minimum atomic E-state index is -0.972. The van der Waals surface area contributed by atoms with Crippen molar-refractivity contribution in [2.45, 2.75) is 6.42 Å². The molecular weight excluding hydrogens is 229 g/mol. The van der Waals surface area contributed by atoms with Gasteiger partial charge in [0.1, 0.15) is 5.82 Å². The first-order valence-corrected chi connectivity index (χ1v) is 5.40. The Morgan fingerprint density at radius 2 is 2.19 bits per heavy atom. The molecule has 0 saturated heterocycles. The molecule has 0 atom stereocenters. The summed E-state index contributed by atoms with van der Waals surface area (Å²) in [6.07, 6.45) is 1.45. The maximum atomic E-state index is 13.3. The molecule has 0 amide bonds. The van der Waals surface area contributed by atoms with Crippen LogP contribution in [0.1, 0.15) is 5.56 Å². The Balaban J connectivity index is 2.40. The molecule has 5 heteroatoms. The summed E-state index contributed by atoms with van der Waals surface area (Å²) in [7, 11) is 0. The molecule has 0 aliphatic heterocycles. The highest BCUT2D eigenvalue weighted by Gasteiger charge is 2.07. The summed E-state index contributed by atoms with van der Waals surface area (Å²) in [5.41, 5.74) is 1.91. The maximum absolute atomic E-state index is 13.3. The van der Waals surface area contributed by atoms with Crippen molar-refractivity contribution in [1.82, 2.24) is 4.37 Å². The Morgan fingerprint density at radius 1 is 1.38 bits per heavy atom. The van der Waals surface area contributed by atoms with E-state index in [-0.39, 0.29) is 6.42 Å². The van der Waals surface area contributed by atoms with Crippen LogP contribution in [0.15, 0.2) is 29.8 Å². The fourth-order valence-electron chi connectivity index (χ4n) is 1.44. The monoisotopic (exact) mass is 237 g/mol. The molecule has 82 valence electrons. The average molecular weight is 237 g/mol. The normalized spacial score (nSPS) is 10.3. The van der Waals surface area contributed by atoms with Gasteiger partial charge >= 0.3 is 5.97 Å². The molecule has 0 bridgehead atoms. The van der Waals surface area contributed by atoms with E-state index in [1.165, 1.54) is 23.7 Å². The minimum absolute atomic E-state index is 0.178. The van der Waals surface area contributed by atoms with Crippen LogP contribution in [0.4, 0.5) is 4.39 Å². The molecular formula is C11H8FNO2S. The lowest BCUT2D eigenvalue weighted by molar-refractivity contribution is -0.136. The van der Waals surface area contributed by atoms with Crippen LogP contribution in [0, 0.1) is 5.82 Å². The van der Waals surface area contributed by atoms with Gasteiger partial charge in [0.15, 0.2) is 0 Å². The maximum Gasteiger partial charge on any atom is 0.307 e. The molecule has 0 fully saturated rings. The number of carbonyl (C=O) groups is 1. The third-order valence-electron chi connectivity index (χ3n) is 2.08. The average Bonchev–Trinajstić information content (AvgIpc) is 2.67. The fraction of sp³-hybridized carbons (Fsp3) is 0.0909. The predicted octanol–water partition coefficient (Wildman–Crippen LogP) is 2.58. The van der Waals surface area contributed by atoms with E-state index in [1.807, 2.05) is 0 Å². The molecule has 3 nitrogen and oxygen atoms in total. The molecule has 0 radical (unpaired) electrons. The molecule has 0 spiro atoms. The highest BCUT2D eigenvalue weighted by molar-refractivity contribution is 7.03. The summed E-state index contributed by atoms with van der Waals surface area (Å²) in [6, 6.07) is 4.27. The molecule has 1 N–H and O–H groups in total. The SMILES string of the molecule is O=C(O)Cc1cc(F)cc(-c2cnsc2)c1. The largest absolute Gasteiger partial charge is 0.481 e. The van der Waals surface area contributed by atoms with Gasteiger partial charge in [0.2, 0.25) is 0 Å². The lowest BCUT2D eigenvalue weighted by atomic mass is 10.0. The fourth-order valence-corrected chi connectivity index (χ4v) is 1.99. The van der Waals surface area contributed by atoms with Crippen molar-refractivity contribution in [3.8, 4) is 11.1 Å². The number of carboxylic acid groups (broad SMARTS) is 1. The highest BCUT2D eigenvalue weighted by Crippen LogP contribution is 2.23. The standard InChI is InChI=1S/C11H8FNO2S/c12-10-2-7(3-11(14)15)1-8(4-10)9-5-13-16-6-9/h1-2,4-6H,3H2,(H,14,15). The topological polar surface area (TPSA) is 50.2 Å². The van der Waals surface area contributed by atoms with Crippen molar-refractivity contribution in [3.05, 3.63) is 41.2 Å². The molecule has 0 aliphatic rings. The zero-order chi connectivity index (χ0) is 11.5. The number of benzene rings is 1. The van der Waals surface area contributed by atoms with E-state index in [9.17, 15) is 9.18 Å². The van der Waals surface area contributed by atoms with Gasteiger partial charge in [-0.2, -0.15) is 0 Å². The van der Waals surface area contributed by atoms with Gasteiger partial charge in [0.05, 0.1) is 6.42 Å². The first kappa shape index (κ1) is 10.8. The second-order valence-corrected chi connectivity index (χ2v) is 3.99. The number of rotatable bonds is 3. The Hall–Kier alpha value is -1.75. The molecule has 0 unspecified atom stereocenters. The van der Waals surface area contributed by atoms with E-state index in [0.717, 1.165) is 5.56 Å². The first-order chi connectivity index (χ1) is 7.65. The lowest BCUT2D eigenvalue weighted by Crippen LogP contribution is -2.00. The molecule has 16 heavy (non-hydrogen) atoms. The summed E-state index contributed by atoms with van der Waals surface area (Å²) < 4.78 is 17.2. The predicted molar refractivity (Wildman–Crippen MR) is 58.8 cm³/mol. The number of carboxylic acids is 1. The van der Waals surface area contributed by atoms with E-state index in [2.05, 4.69) is 4.37 Å². The summed E-state index contributed by atoms with van der Waals surface area (Å²) in [5.74, 6) is -1.40.